The topological polar surface area (TPSA) is 40.5 Å². The lowest BCUT2D eigenvalue weighted by atomic mass is 9.64. The van der Waals surface area contributed by atoms with Crippen LogP contribution in [0.25, 0.3) is 0 Å². The normalized spacial score (nSPS) is 37.4. The van der Waals surface area contributed by atoms with E-state index < -0.39 is 0 Å². The number of aliphatic hydroxyl groups excluding tert-OH is 2. The van der Waals surface area contributed by atoms with Crippen LogP contribution in [0.4, 0.5) is 0 Å². The second-order valence-corrected chi connectivity index (χ2v) is 4.70. The van der Waals surface area contributed by atoms with Gasteiger partial charge in [-0.05, 0) is 36.5 Å². The molecule has 0 radical (unpaired) electrons. The fourth-order valence-electron chi connectivity index (χ4n) is 2.31. The first-order valence-corrected chi connectivity index (χ1v) is 5.53. The average molecular weight is 198 g/mol. The van der Waals surface area contributed by atoms with Gasteiger partial charge in [-0.1, -0.05) is 26.0 Å². The van der Waals surface area contributed by atoms with E-state index in [4.69, 9.17) is 5.11 Å². The van der Waals surface area contributed by atoms with Crippen LogP contribution in [0.2, 0.25) is 0 Å². The Morgan fingerprint density at radius 1 is 1.43 bits per heavy atom. The molecule has 1 aliphatic carbocycles. The van der Waals surface area contributed by atoms with Crippen molar-refractivity contribution < 1.29 is 10.2 Å². The van der Waals surface area contributed by atoms with Crippen LogP contribution in [0.15, 0.2) is 12.2 Å². The maximum absolute atomic E-state index is 9.49. The van der Waals surface area contributed by atoms with Crippen LogP contribution >= 0.6 is 0 Å². The Hall–Kier alpha value is -0.340. The molecule has 0 aromatic carbocycles. The Morgan fingerprint density at radius 2 is 2.14 bits per heavy atom. The van der Waals surface area contributed by atoms with E-state index in [1.165, 1.54) is 0 Å². The monoisotopic (exact) mass is 198 g/mol. The van der Waals surface area contributed by atoms with Gasteiger partial charge in [-0.2, -0.15) is 0 Å². The highest BCUT2D eigenvalue weighted by Gasteiger charge is 2.38. The van der Waals surface area contributed by atoms with Crippen LogP contribution < -0.4 is 0 Å². The van der Waals surface area contributed by atoms with Crippen molar-refractivity contribution in [1.29, 1.82) is 0 Å². The van der Waals surface area contributed by atoms with E-state index in [1.54, 1.807) is 0 Å². The molecule has 2 heteroatoms. The minimum atomic E-state index is 0.00389. The molecule has 0 saturated carbocycles. The van der Waals surface area contributed by atoms with E-state index in [0.29, 0.717) is 11.8 Å². The van der Waals surface area contributed by atoms with E-state index in [9.17, 15) is 5.11 Å². The summed E-state index contributed by atoms with van der Waals surface area (Å²) in [5.41, 5.74) is 0.00389. The van der Waals surface area contributed by atoms with Gasteiger partial charge in [0.05, 0.1) is 0 Å². The van der Waals surface area contributed by atoms with Crippen molar-refractivity contribution in [2.24, 2.45) is 17.3 Å². The fourth-order valence-corrected chi connectivity index (χ4v) is 2.31. The summed E-state index contributed by atoms with van der Waals surface area (Å²) in [5, 5.41) is 18.3. The van der Waals surface area contributed by atoms with Crippen LogP contribution in [-0.4, -0.2) is 23.4 Å². The molecule has 0 spiro atoms. The Morgan fingerprint density at radius 3 is 2.71 bits per heavy atom. The minimum absolute atomic E-state index is 0.00389. The summed E-state index contributed by atoms with van der Waals surface area (Å²) < 4.78 is 0. The highest BCUT2D eigenvalue weighted by atomic mass is 16.3. The van der Waals surface area contributed by atoms with E-state index in [2.05, 4.69) is 26.0 Å². The van der Waals surface area contributed by atoms with Crippen LogP contribution in [0, 0.1) is 17.3 Å². The van der Waals surface area contributed by atoms with E-state index in [-0.39, 0.29) is 18.6 Å². The molecule has 0 saturated heterocycles. The summed E-state index contributed by atoms with van der Waals surface area (Å²) in [6.45, 7) is 4.85. The summed E-state index contributed by atoms with van der Waals surface area (Å²) >= 11 is 0. The maximum Gasteiger partial charge on any atom is 0.0493 e. The van der Waals surface area contributed by atoms with Crippen molar-refractivity contribution >= 4 is 0 Å². The van der Waals surface area contributed by atoms with Gasteiger partial charge in [0.15, 0.2) is 0 Å². The van der Waals surface area contributed by atoms with Crippen molar-refractivity contribution in [3.05, 3.63) is 12.2 Å². The smallest absolute Gasteiger partial charge is 0.0493 e. The molecule has 2 nitrogen and oxygen atoms in total. The third kappa shape index (κ3) is 2.18. The molecule has 0 bridgehead atoms. The van der Waals surface area contributed by atoms with Crippen LogP contribution in [0.1, 0.15) is 33.1 Å². The van der Waals surface area contributed by atoms with Crippen LogP contribution in [-0.2, 0) is 0 Å². The zero-order valence-corrected chi connectivity index (χ0v) is 9.24. The van der Waals surface area contributed by atoms with Gasteiger partial charge in [-0.25, -0.2) is 0 Å². The van der Waals surface area contributed by atoms with Gasteiger partial charge < -0.3 is 10.2 Å². The standard InChI is InChI=1S/C12H22O2/c1-10-5-3-6-11(7-4-8-13)12(10,2)9-14/h3,6,10-11,13-14H,4-5,7-9H2,1-2H3/t10-,11+,12-/m1/s1. The first kappa shape index (κ1) is 11.7. The second-order valence-electron chi connectivity index (χ2n) is 4.70. The first-order valence-electron chi connectivity index (χ1n) is 5.53. The second kappa shape index (κ2) is 4.94. The number of aliphatic hydroxyl groups is 2. The number of hydrogen-bond acceptors (Lipinski definition) is 2. The Bertz CT molecular complexity index is 200. The van der Waals surface area contributed by atoms with Crippen molar-refractivity contribution in [2.45, 2.75) is 33.1 Å². The maximum atomic E-state index is 9.49. The third-order valence-corrected chi connectivity index (χ3v) is 3.84. The lowest BCUT2D eigenvalue weighted by Gasteiger charge is -2.42. The van der Waals surface area contributed by atoms with E-state index in [0.717, 1.165) is 19.3 Å². The van der Waals surface area contributed by atoms with Crippen LogP contribution in [0.3, 0.4) is 0 Å². The molecule has 0 aliphatic heterocycles. The molecule has 0 aromatic heterocycles. The van der Waals surface area contributed by atoms with Gasteiger partial charge in [0.1, 0.15) is 0 Å². The van der Waals surface area contributed by atoms with Gasteiger partial charge in [0.2, 0.25) is 0 Å². The molecular formula is C12H22O2. The van der Waals surface area contributed by atoms with Crippen LogP contribution in [0.5, 0.6) is 0 Å². The molecular weight excluding hydrogens is 176 g/mol. The Labute approximate surface area is 86.6 Å². The molecule has 82 valence electrons. The quantitative estimate of drug-likeness (QED) is 0.678. The van der Waals surface area contributed by atoms with Gasteiger partial charge in [0.25, 0.3) is 0 Å². The predicted octanol–water partition coefficient (Wildman–Crippen LogP) is 1.97. The van der Waals surface area contributed by atoms with Crippen molar-refractivity contribution in [2.75, 3.05) is 13.2 Å². The highest BCUT2D eigenvalue weighted by Crippen LogP contribution is 2.43. The first-order chi connectivity index (χ1) is 6.65. The zero-order valence-electron chi connectivity index (χ0n) is 9.24. The van der Waals surface area contributed by atoms with Crippen molar-refractivity contribution in [1.82, 2.24) is 0 Å². The molecule has 14 heavy (non-hydrogen) atoms. The highest BCUT2D eigenvalue weighted by molar-refractivity contribution is 5.05. The molecule has 1 aliphatic rings. The van der Waals surface area contributed by atoms with Crippen molar-refractivity contribution in [3.8, 4) is 0 Å². The summed E-state index contributed by atoms with van der Waals surface area (Å²) in [7, 11) is 0. The van der Waals surface area contributed by atoms with Gasteiger partial charge in [-0.15, -0.1) is 0 Å². The average Bonchev–Trinajstić information content (AvgIpc) is 2.20. The lowest BCUT2D eigenvalue weighted by Crippen LogP contribution is -2.38. The predicted molar refractivity (Wildman–Crippen MR) is 57.9 cm³/mol. The fraction of sp³-hybridized carbons (Fsp3) is 0.833. The Kier molecular flexibility index (Phi) is 4.14. The molecule has 2 N–H and O–H groups in total. The van der Waals surface area contributed by atoms with Gasteiger partial charge in [-0.3, -0.25) is 0 Å². The summed E-state index contributed by atoms with van der Waals surface area (Å²) in [5.74, 6) is 0.949. The third-order valence-electron chi connectivity index (χ3n) is 3.84. The van der Waals surface area contributed by atoms with E-state index >= 15 is 0 Å². The van der Waals surface area contributed by atoms with Crippen molar-refractivity contribution in [3.63, 3.8) is 0 Å². The van der Waals surface area contributed by atoms with Gasteiger partial charge >= 0.3 is 0 Å². The van der Waals surface area contributed by atoms with Gasteiger partial charge in [0, 0.05) is 13.2 Å². The summed E-state index contributed by atoms with van der Waals surface area (Å²) in [4.78, 5) is 0. The molecule has 0 unspecified atom stereocenters. The molecule has 1 rings (SSSR count). The minimum Gasteiger partial charge on any atom is -0.396 e. The molecule has 0 amide bonds. The molecule has 0 aromatic rings. The number of rotatable bonds is 4. The van der Waals surface area contributed by atoms with E-state index in [1.807, 2.05) is 0 Å². The molecule has 0 heterocycles. The lowest BCUT2D eigenvalue weighted by molar-refractivity contribution is 0.0335. The number of allylic oxidation sites excluding steroid dienone is 2. The Balaban J connectivity index is 2.69. The number of hydrogen-bond donors (Lipinski definition) is 2. The molecule has 3 atom stereocenters. The summed E-state index contributed by atoms with van der Waals surface area (Å²) in [6.07, 6.45) is 7.30. The summed E-state index contributed by atoms with van der Waals surface area (Å²) in [6, 6.07) is 0. The molecule has 0 fully saturated rings. The SMILES string of the molecule is C[C@@H]1CC=C[C@@H](CCCO)[C@]1(C)CO. The largest absolute Gasteiger partial charge is 0.396 e. The zero-order chi connectivity index (χ0) is 10.6.